The van der Waals surface area contributed by atoms with E-state index in [1.54, 1.807) is 0 Å². The molecule has 0 fully saturated rings. The summed E-state index contributed by atoms with van der Waals surface area (Å²) in [5, 5.41) is 0. The van der Waals surface area contributed by atoms with Crippen LogP contribution in [0.15, 0.2) is 96.1 Å². The van der Waals surface area contributed by atoms with Crippen molar-refractivity contribution in [3.63, 3.8) is 0 Å². The van der Waals surface area contributed by atoms with Crippen molar-refractivity contribution in [1.82, 2.24) is 0 Å². The normalized spacial score (nSPS) is 12.7. The van der Waals surface area contributed by atoms with E-state index in [0.717, 1.165) is 24.0 Å². The maximum absolute atomic E-state index is 3.72. The van der Waals surface area contributed by atoms with Crippen molar-refractivity contribution in [2.24, 2.45) is 0 Å². The van der Waals surface area contributed by atoms with Crippen molar-refractivity contribution in [2.45, 2.75) is 26.7 Å². The number of hydrogen-bond acceptors (Lipinski definition) is 0. The van der Waals surface area contributed by atoms with E-state index in [2.05, 4.69) is 64.2 Å². The number of allylic oxidation sites excluding steroid dienone is 8. The van der Waals surface area contributed by atoms with Crippen LogP contribution in [-0.2, 0) is 26.2 Å². The molecular formula is C26H28Zr. The number of rotatable bonds is 0. The summed E-state index contributed by atoms with van der Waals surface area (Å²) in [7, 11) is 0. The van der Waals surface area contributed by atoms with Crippen molar-refractivity contribution < 1.29 is 26.2 Å². The zero-order valence-corrected chi connectivity index (χ0v) is 18.9. The molecule has 0 saturated heterocycles. The van der Waals surface area contributed by atoms with Gasteiger partial charge in [-0.2, -0.15) is 61.4 Å². The van der Waals surface area contributed by atoms with Gasteiger partial charge in [0.2, 0.25) is 0 Å². The van der Waals surface area contributed by atoms with E-state index < -0.39 is 0 Å². The molecule has 2 aliphatic rings. The molecule has 2 aliphatic carbocycles. The zero-order valence-electron chi connectivity index (χ0n) is 16.4. The summed E-state index contributed by atoms with van der Waals surface area (Å²) in [4.78, 5) is 0. The Morgan fingerprint density at radius 3 is 1.07 bits per heavy atom. The summed E-state index contributed by atoms with van der Waals surface area (Å²) < 4.78 is 0. The molecule has 0 heterocycles. The fourth-order valence-electron chi connectivity index (χ4n) is 1.99. The minimum Gasteiger partial charge on any atom is -0.270 e. The summed E-state index contributed by atoms with van der Waals surface area (Å²) in [6.07, 6.45) is 16.7. The topological polar surface area (TPSA) is 0 Å². The van der Waals surface area contributed by atoms with Gasteiger partial charge in [0.25, 0.3) is 0 Å². The van der Waals surface area contributed by atoms with Gasteiger partial charge in [-0.05, 0) is 0 Å². The summed E-state index contributed by atoms with van der Waals surface area (Å²) in [5.41, 5.74) is 4.69. The second kappa shape index (κ2) is 16.2. The van der Waals surface area contributed by atoms with Crippen LogP contribution in [0.25, 0.3) is 0 Å². The van der Waals surface area contributed by atoms with Gasteiger partial charge in [0.05, 0.1) is 0 Å². The third-order valence-electron chi connectivity index (χ3n) is 3.42. The molecule has 2 aromatic carbocycles. The monoisotopic (exact) mass is 430 g/mol. The second-order valence-electron chi connectivity index (χ2n) is 5.90. The molecule has 0 spiro atoms. The second-order valence-corrected chi connectivity index (χ2v) is 5.90. The third-order valence-corrected chi connectivity index (χ3v) is 3.42. The van der Waals surface area contributed by atoms with Crippen LogP contribution in [0.5, 0.6) is 0 Å². The Kier molecular flexibility index (Phi) is 15.0. The van der Waals surface area contributed by atoms with Gasteiger partial charge in [-0.15, -0.1) is 37.1 Å². The molecule has 0 atom stereocenters. The van der Waals surface area contributed by atoms with Crippen LogP contribution in [0.1, 0.15) is 37.8 Å². The first-order chi connectivity index (χ1) is 12.6. The van der Waals surface area contributed by atoms with Crippen molar-refractivity contribution in [1.29, 1.82) is 0 Å². The van der Waals surface area contributed by atoms with Gasteiger partial charge in [0, 0.05) is 0 Å². The smallest absolute Gasteiger partial charge is 0.270 e. The SMILES string of the molecule is CC1=[C-]CC=C1.CC1=[C-]CC=C1.[CH2-]c1ccccc1.[CH2-]c1ccccc1.[Zr+4]. The molecular weight excluding hydrogens is 404 g/mol. The minimum atomic E-state index is 0. The summed E-state index contributed by atoms with van der Waals surface area (Å²) in [6, 6.07) is 19.7. The Labute approximate surface area is 185 Å². The molecule has 0 nitrogen and oxygen atoms in total. The summed E-state index contributed by atoms with van der Waals surface area (Å²) >= 11 is 0. The Balaban J connectivity index is 0.000000331. The standard InChI is InChI=1S/2C7H7.2C6H7.Zr/c2*1-7-5-3-2-4-6-7;2*1-6-4-2-3-5-6;/h2*2-6H,1H2;2*2,4H,3H2,1H3;/q4*-1;+4. The van der Waals surface area contributed by atoms with Crippen LogP contribution in [0.3, 0.4) is 0 Å². The molecule has 0 radical (unpaired) electrons. The first kappa shape index (κ1) is 25.0. The number of hydrogen-bond donors (Lipinski definition) is 0. The molecule has 0 amide bonds. The van der Waals surface area contributed by atoms with Crippen molar-refractivity contribution in [3.8, 4) is 0 Å². The van der Waals surface area contributed by atoms with E-state index in [-0.39, 0.29) is 26.2 Å². The van der Waals surface area contributed by atoms with Crippen LogP contribution >= 0.6 is 0 Å². The Morgan fingerprint density at radius 2 is 0.963 bits per heavy atom. The maximum atomic E-state index is 3.72. The van der Waals surface area contributed by atoms with Gasteiger partial charge in [-0.1, -0.05) is 26.0 Å². The number of benzene rings is 2. The molecule has 2 aromatic rings. The van der Waals surface area contributed by atoms with Gasteiger partial charge in [-0.3, -0.25) is 12.2 Å². The molecule has 1 heteroatoms. The molecule has 27 heavy (non-hydrogen) atoms. The van der Waals surface area contributed by atoms with Crippen LogP contribution in [0, 0.1) is 26.0 Å². The maximum Gasteiger partial charge on any atom is 4.00 e. The van der Waals surface area contributed by atoms with Crippen molar-refractivity contribution in [2.75, 3.05) is 0 Å². The molecule has 0 aromatic heterocycles. The minimum absolute atomic E-state index is 0. The molecule has 136 valence electrons. The van der Waals surface area contributed by atoms with E-state index >= 15 is 0 Å². The third kappa shape index (κ3) is 14.8. The van der Waals surface area contributed by atoms with Gasteiger partial charge >= 0.3 is 26.2 Å². The molecule has 0 saturated carbocycles. The van der Waals surface area contributed by atoms with Gasteiger partial charge in [0.1, 0.15) is 0 Å². The zero-order chi connectivity index (χ0) is 19.0. The predicted octanol–water partition coefficient (Wildman–Crippen LogP) is 7.13. The van der Waals surface area contributed by atoms with Crippen LogP contribution in [0.2, 0.25) is 0 Å². The molecule has 0 unspecified atom stereocenters. The fourth-order valence-corrected chi connectivity index (χ4v) is 1.99. The first-order valence-electron chi connectivity index (χ1n) is 8.80. The Hall–Kier alpha value is -1.98. The average molecular weight is 432 g/mol. The molecule has 0 aliphatic heterocycles. The summed E-state index contributed by atoms with van der Waals surface area (Å²) in [6.45, 7) is 11.6. The quantitative estimate of drug-likeness (QED) is 0.389. The van der Waals surface area contributed by atoms with E-state index in [4.69, 9.17) is 0 Å². The van der Waals surface area contributed by atoms with Crippen LogP contribution in [0.4, 0.5) is 0 Å². The van der Waals surface area contributed by atoms with Gasteiger partial charge in [0.15, 0.2) is 0 Å². The molecule has 4 rings (SSSR count). The van der Waals surface area contributed by atoms with E-state index in [9.17, 15) is 0 Å². The average Bonchev–Trinajstić information content (AvgIpc) is 3.31. The molecule has 0 N–H and O–H groups in total. The van der Waals surface area contributed by atoms with E-state index in [1.807, 2.05) is 60.7 Å². The van der Waals surface area contributed by atoms with Crippen molar-refractivity contribution in [3.05, 3.63) is 133 Å². The summed E-state index contributed by atoms with van der Waals surface area (Å²) in [5.74, 6) is 0. The van der Waals surface area contributed by atoms with Gasteiger partial charge in [-0.25, -0.2) is 23.3 Å². The van der Waals surface area contributed by atoms with Crippen molar-refractivity contribution >= 4 is 0 Å². The first-order valence-corrected chi connectivity index (χ1v) is 8.80. The largest absolute Gasteiger partial charge is 4.00 e. The van der Waals surface area contributed by atoms with E-state index in [1.165, 1.54) is 11.1 Å². The predicted molar refractivity (Wildman–Crippen MR) is 114 cm³/mol. The van der Waals surface area contributed by atoms with Crippen LogP contribution < -0.4 is 0 Å². The molecule has 0 bridgehead atoms. The Bertz CT molecular complexity index is 648. The van der Waals surface area contributed by atoms with E-state index in [0.29, 0.717) is 0 Å². The van der Waals surface area contributed by atoms with Gasteiger partial charge < -0.3 is 0 Å². The Morgan fingerprint density at radius 1 is 0.630 bits per heavy atom. The van der Waals surface area contributed by atoms with Crippen LogP contribution in [-0.4, -0.2) is 0 Å². The fraction of sp³-hybridized carbons (Fsp3) is 0.154.